The fourth-order valence-corrected chi connectivity index (χ4v) is 8.51. The van der Waals surface area contributed by atoms with Gasteiger partial charge in [-0.25, -0.2) is 0 Å². The quantitative estimate of drug-likeness (QED) is 0.172. The van der Waals surface area contributed by atoms with Crippen LogP contribution in [0.25, 0.3) is 87.6 Å². The Balaban J connectivity index is 1.04. The minimum Gasteiger partial charge on any atom is -0.0616 e. The molecule has 0 nitrogen and oxygen atoms in total. The van der Waals surface area contributed by atoms with Crippen molar-refractivity contribution in [1.82, 2.24) is 0 Å². The molecule has 0 aromatic heterocycles. The minimum absolute atomic E-state index is 0.118. The summed E-state index contributed by atoms with van der Waals surface area (Å²) in [5.74, 6) is 0. The molecule has 0 N–H and O–H groups in total. The summed E-state index contributed by atoms with van der Waals surface area (Å²) in [5.41, 5.74) is 13.0. The van der Waals surface area contributed by atoms with Gasteiger partial charge in [0.2, 0.25) is 0 Å². The SMILES string of the molecule is CC1(C)c2cc(-c3ccc(-c4cc5ccccc5c5ccccc45)cc3)ccc2-c2ccc(-c3cc4ccccc4c4ccccc34)cc21. The van der Waals surface area contributed by atoms with E-state index in [0.717, 1.165) is 0 Å². The zero-order valence-corrected chi connectivity index (χ0v) is 27.7. The Morgan fingerprint density at radius 1 is 0.286 bits per heavy atom. The van der Waals surface area contributed by atoms with E-state index in [-0.39, 0.29) is 5.41 Å². The van der Waals surface area contributed by atoms with Crippen molar-refractivity contribution in [2.75, 3.05) is 0 Å². The molecule has 0 unspecified atom stereocenters. The molecule has 1 aliphatic carbocycles. The van der Waals surface area contributed by atoms with Crippen LogP contribution in [0.15, 0.2) is 170 Å². The van der Waals surface area contributed by atoms with Crippen molar-refractivity contribution in [3.63, 3.8) is 0 Å². The van der Waals surface area contributed by atoms with E-state index in [0.29, 0.717) is 0 Å². The molecule has 9 aromatic rings. The van der Waals surface area contributed by atoms with Gasteiger partial charge in [0, 0.05) is 5.41 Å². The van der Waals surface area contributed by atoms with Crippen molar-refractivity contribution < 1.29 is 0 Å². The van der Waals surface area contributed by atoms with Gasteiger partial charge in [-0.3, -0.25) is 0 Å². The minimum atomic E-state index is -0.118. The second-order valence-corrected chi connectivity index (χ2v) is 14.1. The molecule has 0 atom stereocenters. The van der Waals surface area contributed by atoms with E-state index in [9.17, 15) is 0 Å². The fourth-order valence-electron chi connectivity index (χ4n) is 8.51. The van der Waals surface area contributed by atoms with Gasteiger partial charge >= 0.3 is 0 Å². The second kappa shape index (κ2) is 10.5. The normalized spacial score (nSPS) is 13.3. The molecule has 10 rings (SSSR count). The van der Waals surface area contributed by atoms with Crippen LogP contribution in [0.5, 0.6) is 0 Å². The second-order valence-electron chi connectivity index (χ2n) is 14.1. The number of hydrogen-bond donors (Lipinski definition) is 0. The van der Waals surface area contributed by atoms with Crippen molar-refractivity contribution in [3.05, 3.63) is 181 Å². The Morgan fingerprint density at radius 3 is 1.22 bits per heavy atom. The predicted molar refractivity (Wildman–Crippen MR) is 210 cm³/mol. The molecular formula is C49H34. The summed E-state index contributed by atoms with van der Waals surface area (Å²) in [6, 6.07) is 63.1. The molecule has 0 fully saturated rings. The summed E-state index contributed by atoms with van der Waals surface area (Å²) in [4.78, 5) is 0. The molecule has 0 aliphatic heterocycles. The van der Waals surface area contributed by atoms with E-state index in [4.69, 9.17) is 0 Å². The Bertz CT molecular complexity index is 2780. The Labute approximate surface area is 286 Å². The standard InChI is InChI=1S/C49H34/c1-49(2)47-29-33(31-19-21-32(22-20-31)45-27-34-11-3-5-13-37(34)39-15-7-9-17-41(39)45)23-25-43(47)44-26-24-36(30-48(44)49)46-28-35-12-4-6-14-38(35)40-16-8-10-18-42(40)46/h3-30H,1-2H3. The van der Waals surface area contributed by atoms with Crippen LogP contribution in [0.3, 0.4) is 0 Å². The third-order valence-corrected chi connectivity index (χ3v) is 11.1. The summed E-state index contributed by atoms with van der Waals surface area (Å²) in [6.45, 7) is 4.77. The largest absolute Gasteiger partial charge is 0.0616 e. The van der Waals surface area contributed by atoms with Gasteiger partial charge in [0.15, 0.2) is 0 Å². The van der Waals surface area contributed by atoms with Crippen LogP contribution < -0.4 is 0 Å². The van der Waals surface area contributed by atoms with Crippen LogP contribution in [0.2, 0.25) is 0 Å². The van der Waals surface area contributed by atoms with Gasteiger partial charge < -0.3 is 0 Å². The summed E-state index contributed by atoms with van der Waals surface area (Å²) < 4.78 is 0. The lowest BCUT2D eigenvalue weighted by Gasteiger charge is -2.23. The number of hydrogen-bond acceptors (Lipinski definition) is 0. The molecular weight excluding hydrogens is 589 g/mol. The third-order valence-electron chi connectivity index (χ3n) is 11.1. The Morgan fingerprint density at radius 2 is 0.673 bits per heavy atom. The first-order valence-corrected chi connectivity index (χ1v) is 17.3. The van der Waals surface area contributed by atoms with Crippen molar-refractivity contribution in [3.8, 4) is 44.5 Å². The zero-order valence-electron chi connectivity index (χ0n) is 27.7. The lowest BCUT2D eigenvalue weighted by Crippen LogP contribution is -2.15. The van der Waals surface area contributed by atoms with E-state index < -0.39 is 0 Å². The van der Waals surface area contributed by atoms with Crippen LogP contribution >= 0.6 is 0 Å². The number of fused-ring (bicyclic) bond motifs is 9. The van der Waals surface area contributed by atoms with Crippen molar-refractivity contribution >= 4 is 43.1 Å². The molecule has 230 valence electrons. The topological polar surface area (TPSA) is 0 Å². The fraction of sp³-hybridized carbons (Fsp3) is 0.0612. The molecule has 49 heavy (non-hydrogen) atoms. The molecule has 0 heteroatoms. The average Bonchev–Trinajstić information content (AvgIpc) is 3.39. The van der Waals surface area contributed by atoms with E-state index in [1.165, 1.54) is 98.7 Å². The van der Waals surface area contributed by atoms with Gasteiger partial charge in [-0.15, -0.1) is 0 Å². The van der Waals surface area contributed by atoms with E-state index in [1.807, 2.05) is 0 Å². The first kappa shape index (κ1) is 28.1. The summed E-state index contributed by atoms with van der Waals surface area (Å²) in [7, 11) is 0. The average molecular weight is 623 g/mol. The van der Waals surface area contributed by atoms with Gasteiger partial charge in [0.1, 0.15) is 0 Å². The first-order chi connectivity index (χ1) is 24.0. The highest BCUT2D eigenvalue weighted by Gasteiger charge is 2.36. The van der Waals surface area contributed by atoms with Crippen LogP contribution in [-0.4, -0.2) is 0 Å². The Hall–Kier alpha value is -5.98. The van der Waals surface area contributed by atoms with Crippen molar-refractivity contribution in [1.29, 1.82) is 0 Å². The van der Waals surface area contributed by atoms with E-state index in [1.54, 1.807) is 0 Å². The van der Waals surface area contributed by atoms with Crippen LogP contribution in [-0.2, 0) is 5.41 Å². The lowest BCUT2D eigenvalue weighted by molar-refractivity contribution is 0.661. The highest BCUT2D eigenvalue weighted by atomic mass is 14.4. The third kappa shape index (κ3) is 4.24. The van der Waals surface area contributed by atoms with Gasteiger partial charge in [0.05, 0.1) is 0 Å². The monoisotopic (exact) mass is 622 g/mol. The van der Waals surface area contributed by atoms with Crippen molar-refractivity contribution in [2.45, 2.75) is 19.3 Å². The molecule has 9 aromatic carbocycles. The van der Waals surface area contributed by atoms with Gasteiger partial charge in [0.25, 0.3) is 0 Å². The van der Waals surface area contributed by atoms with Crippen LogP contribution in [0.4, 0.5) is 0 Å². The number of benzene rings is 9. The molecule has 0 spiro atoms. The Kier molecular flexibility index (Phi) is 6.02. The predicted octanol–water partition coefficient (Wildman–Crippen LogP) is 13.6. The molecule has 0 saturated heterocycles. The summed E-state index contributed by atoms with van der Waals surface area (Å²) in [6.07, 6.45) is 0. The van der Waals surface area contributed by atoms with Crippen LogP contribution in [0, 0.1) is 0 Å². The molecule has 0 heterocycles. The summed E-state index contributed by atoms with van der Waals surface area (Å²) >= 11 is 0. The lowest BCUT2D eigenvalue weighted by atomic mass is 9.80. The first-order valence-electron chi connectivity index (χ1n) is 17.3. The van der Waals surface area contributed by atoms with Gasteiger partial charge in [-0.05, 0) is 123 Å². The highest BCUT2D eigenvalue weighted by Crippen LogP contribution is 2.51. The summed E-state index contributed by atoms with van der Waals surface area (Å²) in [5, 5.41) is 10.4. The maximum Gasteiger partial charge on any atom is 0.0159 e. The van der Waals surface area contributed by atoms with Crippen LogP contribution in [0.1, 0.15) is 25.0 Å². The maximum absolute atomic E-state index is 2.45. The van der Waals surface area contributed by atoms with E-state index >= 15 is 0 Å². The zero-order chi connectivity index (χ0) is 32.7. The molecule has 0 bridgehead atoms. The number of rotatable bonds is 3. The molecule has 0 saturated carbocycles. The van der Waals surface area contributed by atoms with E-state index in [2.05, 4.69) is 184 Å². The molecule has 0 radical (unpaired) electrons. The maximum atomic E-state index is 2.45. The molecule has 1 aliphatic rings. The van der Waals surface area contributed by atoms with Gasteiger partial charge in [-0.2, -0.15) is 0 Å². The smallest absolute Gasteiger partial charge is 0.0159 e. The highest BCUT2D eigenvalue weighted by molar-refractivity contribution is 6.15. The van der Waals surface area contributed by atoms with Gasteiger partial charge in [-0.1, -0.05) is 159 Å². The molecule has 0 amide bonds. The van der Waals surface area contributed by atoms with Crippen molar-refractivity contribution in [2.24, 2.45) is 0 Å².